The fourth-order valence-corrected chi connectivity index (χ4v) is 2.88. The minimum absolute atomic E-state index is 0.489. The molecule has 0 saturated heterocycles. The second-order valence-electron chi connectivity index (χ2n) is 5.55. The van der Waals surface area contributed by atoms with E-state index in [0.29, 0.717) is 11.0 Å². The summed E-state index contributed by atoms with van der Waals surface area (Å²) < 4.78 is 5.51. The summed E-state index contributed by atoms with van der Waals surface area (Å²) >= 11 is 6.40. The molecule has 1 aromatic rings. The Morgan fingerprint density at radius 2 is 1.91 bits per heavy atom. The molecule has 0 aliphatic heterocycles. The smallest absolute Gasteiger partial charge is 0.164 e. The maximum atomic E-state index is 6.40. The van der Waals surface area contributed by atoms with Gasteiger partial charge < -0.3 is 4.74 Å². The van der Waals surface area contributed by atoms with Crippen LogP contribution in [-0.2, 0) is 4.74 Å². The lowest BCUT2D eigenvalue weighted by molar-refractivity contribution is 0.309. The molecule has 0 amide bonds. The highest BCUT2D eigenvalue weighted by atomic mass is 35.5. The quantitative estimate of drug-likeness (QED) is 0.787. The number of nitrogens with zero attached hydrogens (tertiary/aromatic N) is 2. The maximum absolute atomic E-state index is 6.40. The summed E-state index contributed by atoms with van der Waals surface area (Å²) in [5, 5.41) is 2.27. The maximum Gasteiger partial charge on any atom is 0.164 e. The monoisotopic (exact) mass is 314 g/mol. The lowest BCUT2D eigenvalue weighted by Gasteiger charge is -2.09. The van der Waals surface area contributed by atoms with Crippen LogP contribution in [0.5, 0.6) is 0 Å². The van der Waals surface area contributed by atoms with Crippen LogP contribution in [0.25, 0.3) is 17.7 Å². The molecule has 1 heterocycles. The molecule has 0 radical (unpaired) electrons. The Labute approximate surface area is 135 Å². The molecule has 22 heavy (non-hydrogen) atoms. The van der Waals surface area contributed by atoms with Gasteiger partial charge in [0.15, 0.2) is 5.82 Å². The molecule has 0 bridgehead atoms. The average molecular weight is 315 g/mol. The first-order valence-electron chi connectivity index (χ1n) is 7.55. The number of allylic oxidation sites excluding steroid dienone is 5. The summed E-state index contributed by atoms with van der Waals surface area (Å²) in [5.41, 5.74) is 2.22. The molecule has 0 N–H and O–H groups in total. The lowest BCUT2D eigenvalue weighted by atomic mass is 10.1. The molecule has 2 aliphatic carbocycles. The highest BCUT2D eigenvalue weighted by molar-refractivity contribution is 6.29. The van der Waals surface area contributed by atoms with E-state index < -0.39 is 0 Å². The fourth-order valence-electron chi connectivity index (χ4n) is 2.64. The largest absolute Gasteiger partial charge is 0.496 e. The number of methoxy groups -OCH3 is 1. The van der Waals surface area contributed by atoms with Crippen molar-refractivity contribution in [1.82, 2.24) is 9.97 Å². The van der Waals surface area contributed by atoms with Gasteiger partial charge >= 0.3 is 0 Å². The van der Waals surface area contributed by atoms with Gasteiger partial charge in [0.05, 0.1) is 18.0 Å². The Balaban J connectivity index is 2.16. The minimum Gasteiger partial charge on any atom is -0.496 e. The molecule has 1 aromatic heterocycles. The molecule has 2 aliphatic rings. The van der Waals surface area contributed by atoms with Gasteiger partial charge in [-0.2, -0.15) is 0 Å². The van der Waals surface area contributed by atoms with Crippen molar-refractivity contribution in [3.05, 3.63) is 51.1 Å². The van der Waals surface area contributed by atoms with Gasteiger partial charge in [0.25, 0.3) is 0 Å². The first-order valence-corrected chi connectivity index (χ1v) is 7.93. The number of hydrogen-bond donors (Lipinski definition) is 0. The molecule has 0 saturated carbocycles. The minimum atomic E-state index is 0.489. The normalized spacial score (nSPS) is 17.7. The van der Waals surface area contributed by atoms with Gasteiger partial charge in [-0.3, -0.25) is 0 Å². The van der Waals surface area contributed by atoms with E-state index in [-0.39, 0.29) is 0 Å². The number of ether oxygens (including phenoxy) is 1. The predicted molar refractivity (Wildman–Crippen MR) is 90.5 cm³/mol. The third kappa shape index (κ3) is 3.00. The van der Waals surface area contributed by atoms with Crippen LogP contribution in [0.15, 0.2) is 29.6 Å². The fraction of sp³-hybridized carbons (Fsp3) is 0.333. The number of halogens is 1. The van der Waals surface area contributed by atoms with Crippen LogP contribution in [0.3, 0.4) is 0 Å². The van der Waals surface area contributed by atoms with Crippen LogP contribution in [0.1, 0.15) is 38.4 Å². The van der Waals surface area contributed by atoms with Crippen molar-refractivity contribution >= 4 is 29.3 Å². The summed E-state index contributed by atoms with van der Waals surface area (Å²) in [6.45, 7) is 2.10. The average Bonchev–Trinajstić information content (AvgIpc) is 2.86. The highest BCUT2D eigenvalue weighted by Gasteiger charge is 2.15. The Hall–Kier alpha value is -1.87. The predicted octanol–water partition coefficient (Wildman–Crippen LogP) is 3.14. The van der Waals surface area contributed by atoms with E-state index in [2.05, 4.69) is 36.2 Å². The van der Waals surface area contributed by atoms with E-state index in [1.165, 1.54) is 5.57 Å². The van der Waals surface area contributed by atoms with Gasteiger partial charge in [0, 0.05) is 5.22 Å². The third-order valence-electron chi connectivity index (χ3n) is 3.89. The topological polar surface area (TPSA) is 35.0 Å². The number of hydrogen-bond acceptors (Lipinski definition) is 3. The molecule has 0 unspecified atom stereocenters. The van der Waals surface area contributed by atoms with E-state index >= 15 is 0 Å². The Morgan fingerprint density at radius 3 is 2.73 bits per heavy atom. The summed E-state index contributed by atoms with van der Waals surface area (Å²) in [6.07, 6.45) is 14.4. The zero-order chi connectivity index (χ0) is 15.5. The standard InChI is InChI=1S/C18H19ClN2O/c1-12-8-10-13-15(11-9-12)20-18(21-17(13)19)14-6-4-3-5-7-16(14)22-2/h6-8,10-11H,3-5,9H2,1-2H3. The van der Waals surface area contributed by atoms with Gasteiger partial charge in [-0.25, -0.2) is 9.97 Å². The van der Waals surface area contributed by atoms with Gasteiger partial charge in [0.2, 0.25) is 0 Å². The van der Waals surface area contributed by atoms with Crippen LogP contribution >= 0.6 is 11.6 Å². The summed E-state index contributed by atoms with van der Waals surface area (Å²) in [5.74, 6) is 1.48. The van der Waals surface area contributed by atoms with Crippen molar-refractivity contribution in [3.63, 3.8) is 0 Å². The molecule has 3 nitrogen and oxygen atoms in total. The van der Waals surface area contributed by atoms with Gasteiger partial charge in [-0.05, 0) is 44.8 Å². The molecule has 0 aromatic carbocycles. The van der Waals surface area contributed by atoms with E-state index in [4.69, 9.17) is 21.3 Å². The van der Waals surface area contributed by atoms with Crippen molar-refractivity contribution in [2.75, 3.05) is 7.11 Å². The Kier molecular flexibility index (Phi) is 4.44. The van der Waals surface area contributed by atoms with Crippen LogP contribution < -0.4 is 10.6 Å². The van der Waals surface area contributed by atoms with Crippen molar-refractivity contribution in [3.8, 4) is 0 Å². The van der Waals surface area contributed by atoms with E-state index in [0.717, 1.165) is 47.6 Å². The number of fused-ring (bicyclic) bond motifs is 1. The zero-order valence-electron chi connectivity index (χ0n) is 12.9. The Morgan fingerprint density at radius 1 is 1.09 bits per heavy atom. The van der Waals surface area contributed by atoms with E-state index in [1.807, 2.05) is 6.08 Å². The van der Waals surface area contributed by atoms with Crippen LogP contribution in [0.4, 0.5) is 0 Å². The molecule has 114 valence electrons. The molecular weight excluding hydrogens is 296 g/mol. The van der Waals surface area contributed by atoms with E-state index in [1.54, 1.807) is 7.11 Å². The molecular formula is C18H19ClN2O. The molecule has 3 rings (SSSR count). The first-order chi connectivity index (χ1) is 10.7. The molecule has 4 heteroatoms. The van der Waals surface area contributed by atoms with Gasteiger partial charge in [0.1, 0.15) is 10.9 Å². The molecule has 0 fully saturated rings. The number of rotatable bonds is 2. The Bertz CT molecular complexity index is 803. The van der Waals surface area contributed by atoms with Crippen LogP contribution in [0.2, 0.25) is 5.15 Å². The van der Waals surface area contributed by atoms with Crippen LogP contribution in [-0.4, -0.2) is 17.1 Å². The summed E-state index contributed by atoms with van der Waals surface area (Å²) in [7, 11) is 1.68. The van der Waals surface area contributed by atoms with E-state index in [9.17, 15) is 0 Å². The summed E-state index contributed by atoms with van der Waals surface area (Å²) in [4.78, 5) is 9.23. The van der Waals surface area contributed by atoms with Crippen molar-refractivity contribution in [2.45, 2.75) is 32.6 Å². The van der Waals surface area contributed by atoms with Crippen LogP contribution in [0, 0.1) is 0 Å². The molecule has 0 spiro atoms. The third-order valence-corrected chi connectivity index (χ3v) is 4.18. The van der Waals surface area contributed by atoms with Crippen molar-refractivity contribution in [2.24, 2.45) is 0 Å². The second kappa shape index (κ2) is 6.49. The molecule has 0 atom stereocenters. The lowest BCUT2D eigenvalue weighted by Crippen LogP contribution is -2.31. The van der Waals surface area contributed by atoms with Crippen molar-refractivity contribution < 1.29 is 4.74 Å². The highest BCUT2D eigenvalue weighted by Crippen LogP contribution is 2.25. The number of aromatic nitrogens is 2. The SMILES string of the molecule is COC1=CCCCC=C1c1nc(Cl)c2c(n1)=CCC(C)=CC=2. The second-order valence-corrected chi connectivity index (χ2v) is 5.90. The first kappa shape index (κ1) is 15.0. The summed E-state index contributed by atoms with van der Waals surface area (Å²) in [6, 6.07) is 0. The zero-order valence-corrected chi connectivity index (χ0v) is 13.7. The van der Waals surface area contributed by atoms with Gasteiger partial charge in [-0.15, -0.1) is 0 Å². The van der Waals surface area contributed by atoms with Gasteiger partial charge in [-0.1, -0.05) is 35.4 Å². The van der Waals surface area contributed by atoms with Crippen molar-refractivity contribution in [1.29, 1.82) is 0 Å².